The second-order valence-electron chi connectivity index (χ2n) is 6.10. The highest BCUT2D eigenvalue weighted by molar-refractivity contribution is 7.71. The van der Waals surface area contributed by atoms with Gasteiger partial charge in [0, 0.05) is 11.3 Å². The Morgan fingerprint density at radius 1 is 1.16 bits per heavy atom. The number of benzene rings is 2. The van der Waals surface area contributed by atoms with Gasteiger partial charge in [-0.15, -0.1) is 0 Å². The van der Waals surface area contributed by atoms with E-state index < -0.39 is 0 Å². The third kappa shape index (κ3) is 3.69. The Kier molecular flexibility index (Phi) is 4.81. The van der Waals surface area contributed by atoms with E-state index in [1.807, 2.05) is 63.2 Å². The molecule has 0 bridgehead atoms. The molecule has 2 aromatic carbocycles. The first-order valence-electron chi connectivity index (χ1n) is 8.04. The normalized spacial score (nSPS) is 10.7. The number of aryl methyl sites for hydroxylation is 2. The second-order valence-corrected chi connectivity index (χ2v) is 6.49. The summed E-state index contributed by atoms with van der Waals surface area (Å²) in [5.74, 6) is 0.515. The molecule has 0 unspecified atom stereocenters. The molecule has 0 fully saturated rings. The fourth-order valence-electron chi connectivity index (χ4n) is 2.61. The number of carbonyl (C=O) groups excluding carboxylic acids is 1. The van der Waals surface area contributed by atoms with Crippen LogP contribution in [0.4, 0.5) is 5.69 Å². The molecule has 0 aliphatic carbocycles. The monoisotopic (exact) mass is 352 g/mol. The van der Waals surface area contributed by atoms with Crippen molar-refractivity contribution in [2.45, 2.75) is 27.3 Å². The lowest BCUT2D eigenvalue weighted by molar-refractivity contribution is -0.116. The molecule has 1 amide bonds. The van der Waals surface area contributed by atoms with E-state index in [-0.39, 0.29) is 12.5 Å². The number of hydrogen-bond donors (Lipinski definition) is 2. The van der Waals surface area contributed by atoms with Crippen LogP contribution in [0.5, 0.6) is 0 Å². The summed E-state index contributed by atoms with van der Waals surface area (Å²) >= 11 is 5.29. The van der Waals surface area contributed by atoms with Crippen molar-refractivity contribution in [3.05, 3.63) is 63.9 Å². The van der Waals surface area contributed by atoms with Gasteiger partial charge < -0.3 is 5.32 Å². The summed E-state index contributed by atoms with van der Waals surface area (Å²) in [5, 5.41) is 10.0. The molecular formula is C19H20N4OS. The van der Waals surface area contributed by atoms with Crippen molar-refractivity contribution < 1.29 is 4.79 Å². The maximum absolute atomic E-state index is 12.5. The van der Waals surface area contributed by atoms with E-state index in [2.05, 4.69) is 15.5 Å². The van der Waals surface area contributed by atoms with E-state index in [1.165, 1.54) is 0 Å². The third-order valence-electron chi connectivity index (χ3n) is 4.25. The van der Waals surface area contributed by atoms with Crippen LogP contribution in [0.25, 0.3) is 11.4 Å². The maximum Gasteiger partial charge on any atom is 0.244 e. The average molecular weight is 352 g/mol. The Morgan fingerprint density at radius 3 is 2.60 bits per heavy atom. The molecular weight excluding hydrogens is 332 g/mol. The number of nitrogens with one attached hydrogen (secondary N) is 2. The van der Waals surface area contributed by atoms with Crippen LogP contribution in [0.1, 0.15) is 16.7 Å². The molecule has 0 saturated heterocycles. The summed E-state index contributed by atoms with van der Waals surface area (Å²) in [6.45, 7) is 6.14. The standard InChI is InChI=1S/C19H20N4OS/c1-12-7-9-15(10-8-12)18-21-22-19(25)23(18)11-17(24)20-16-6-4-5-13(2)14(16)3/h4-10H,11H2,1-3H3,(H,20,24)(H,22,25). The van der Waals surface area contributed by atoms with Crippen LogP contribution >= 0.6 is 12.2 Å². The Labute approximate surface area is 151 Å². The molecule has 3 rings (SSSR count). The number of aromatic amines is 1. The minimum absolute atomic E-state index is 0.103. The smallest absolute Gasteiger partial charge is 0.244 e. The number of aromatic nitrogens is 3. The topological polar surface area (TPSA) is 62.7 Å². The highest BCUT2D eigenvalue weighted by Gasteiger charge is 2.13. The van der Waals surface area contributed by atoms with Gasteiger partial charge in [-0.1, -0.05) is 42.0 Å². The average Bonchev–Trinajstić information content (AvgIpc) is 2.93. The molecule has 2 N–H and O–H groups in total. The summed E-state index contributed by atoms with van der Waals surface area (Å²) in [5.41, 5.74) is 5.09. The molecule has 1 heterocycles. The molecule has 3 aromatic rings. The van der Waals surface area contributed by atoms with Crippen molar-refractivity contribution in [2.75, 3.05) is 5.32 Å². The third-order valence-corrected chi connectivity index (χ3v) is 4.56. The van der Waals surface area contributed by atoms with Crippen LogP contribution in [-0.4, -0.2) is 20.7 Å². The van der Waals surface area contributed by atoms with E-state index in [9.17, 15) is 4.79 Å². The zero-order valence-corrected chi connectivity index (χ0v) is 15.3. The molecule has 0 saturated carbocycles. The van der Waals surface area contributed by atoms with Gasteiger partial charge in [-0.2, -0.15) is 5.10 Å². The van der Waals surface area contributed by atoms with Crippen molar-refractivity contribution in [3.63, 3.8) is 0 Å². The van der Waals surface area contributed by atoms with Gasteiger partial charge in [0.15, 0.2) is 10.6 Å². The maximum atomic E-state index is 12.5. The lowest BCUT2D eigenvalue weighted by Gasteiger charge is -2.11. The Hall–Kier alpha value is -2.73. The SMILES string of the molecule is Cc1ccc(-c2n[nH]c(=S)n2CC(=O)Nc2cccc(C)c2C)cc1. The number of carbonyl (C=O) groups is 1. The van der Waals surface area contributed by atoms with Crippen molar-refractivity contribution in [1.29, 1.82) is 0 Å². The Balaban J connectivity index is 1.84. The number of nitrogens with zero attached hydrogens (tertiary/aromatic N) is 2. The molecule has 128 valence electrons. The molecule has 1 aromatic heterocycles. The number of hydrogen-bond acceptors (Lipinski definition) is 3. The minimum atomic E-state index is -0.139. The van der Waals surface area contributed by atoms with Crippen LogP contribution in [0.3, 0.4) is 0 Å². The highest BCUT2D eigenvalue weighted by Crippen LogP contribution is 2.20. The second kappa shape index (κ2) is 7.03. The van der Waals surface area contributed by atoms with Crippen molar-refractivity contribution in [3.8, 4) is 11.4 Å². The first-order valence-corrected chi connectivity index (χ1v) is 8.45. The first-order chi connectivity index (χ1) is 12.0. The van der Waals surface area contributed by atoms with Gasteiger partial charge in [-0.05, 0) is 50.2 Å². The number of amides is 1. The van der Waals surface area contributed by atoms with Gasteiger partial charge in [-0.3, -0.25) is 14.5 Å². The zero-order valence-electron chi connectivity index (χ0n) is 14.5. The highest BCUT2D eigenvalue weighted by atomic mass is 32.1. The van der Waals surface area contributed by atoms with Crippen LogP contribution in [0, 0.1) is 25.5 Å². The van der Waals surface area contributed by atoms with Gasteiger partial charge in [0.05, 0.1) is 0 Å². The summed E-state index contributed by atoms with van der Waals surface area (Å²) < 4.78 is 2.13. The summed E-state index contributed by atoms with van der Waals surface area (Å²) in [4.78, 5) is 12.5. The summed E-state index contributed by atoms with van der Waals surface area (Å²) in [6, 6.07) is 13.8. The Morgan fingerprint density at radius 2 is 1.88 bits per heavy atom. The largest absolute Gasteiger partial charge is 0.324 e. The zero-order chi connectivity index (χ0) is 18.0. The van der Waals surface area contributed by atoms with Gasteiger partial charge in [0.2, 0.25) is 5.91 Å². The van der Waals surface area contributed by atoms with E-state index in [4.69, 9.17) is 12.2 Å². The minimum Gasteiger partial charge on any atom is -0.324 e. The summed E-state index contributed by atoms with van der Waals surface area (Å²) in [6.07, 6.45) is 0. The van der Waals surface area contributed by atoms with Crippen LogP contribution in [0.15, 0.2) is 42.5 Å². The van der Waals surface area contributed by atoms with Gasteiger partial charge >= 0.3 is 0 Å². The van der Waals surface area contributed by atoms with Crippen molar-refractivity contribution >= 4 is 23.8 Å². The van der Waals surface area contributed by atoms with Gasteiger partial charge in [0.1, 0.15) is 6.54 Å². The fourth-order valence-corrected chi connectivity index (χ4v) is 2.80. The van der Waals surface area contributed by atoms with E-state index in [0.29, 0.717) is 10.6 Å². The predicted molar refractivity (Wildman–Crippen MR) is 102 cm³/mol. The molecule has 0 aliphatic heterocycles. The lowest BCUT2D eigenvalue weighted by atomic mass is 10.1. The molecule has 0 spiro atoms. The Bertz CT molecular complexity index is 970. The molecule has 0 aliphatic rings. The van der Waals surface area contributed by atoms with E-state index in [0.717, 1.165) is 27.9 Å². The lowest BCUT2D eigenvalue weighted by Crippen LogP contribution is -2.20. The quantitative estimate of drug-likeness (QED) is 0.693. The molecule has 0 radical (unpaired) electrons. The molecule has 0 atom stereocenters. The van der Waals surface area contributed by atoms with Crippen LogP contribution < -0.4 is 5.32 Å². The van der Waals surface area contributed by atoms with E-state index in [1.54, 1.807) is 4.57 Å². The summed E-state index contributed by atoms with van der Waals surface area (Å²) in [7, 11) is 0. The molecule has 25 heavy (non-hydrogen) atoms. The fraction of sp³-hybridized carbons (Fsp3) is 0.211. The molecule has 5 nitrogen and oxygen atoms in total. The van der Waals surface area contributed by atoms with Crippen LogP contribution in [-0.2, 0) is 11.3 Å². The predicted octanol–water partition coefficient (Wildman–Crippen LogP) is 4.17. The molecule has 6 heteroatoms. The van der Waals surface area contributed by atoms with Crippen molar-refractivity contribution in [1.82, 2.24) is 14.8 Å². The first kappa shape index (κ1) is 17.1. The number of anilines is 1. The van der Waals surface area contributed by atoms with Gasteiger partial charge in [-0.25, -0.2) is 0 Å². The van der Waals surface area contributed by atoms with E-state index >= 15 is 0 Å². The number of rotatable bonds is 4. The van der Waals surface area contributed by atoms with Gasteiger partial charge in [0.25, 0.3) is 0 Å². The number of H-pyrrole nitrogens is 1. The van der Waals surface area contributed by atoms with Crippen molar-refractivity contribution in [2.24, 2.45) is 0 Å². The van der Waals surface area contributed by atoms with Crippen LogP contribution in [0.2, 0.25) is 0 Å².